The molecule has 82 heavy (non-hydrogen) atoms. The summed E-state index contributed by atoms with van der Waals surface area (Å²) >= 11 is 0. The summed E-state index contributed by atoms with van der Waals surface area (Å²) in [6.45, 7) is 20.3. The van der Waals surface area contributed by atoms with Crippen LogP contribution in [0.25, 0.3) is 122 Å². The second-order valence-corrected chi connectivity index (χ2v) is 23.1. The van der Waals surface area contributed by atoms with E-state index < -0.39 is 0 Å². The molecule has 0 spiro atoms. The first-order valence-corrected chi connectivity index (χ1v) is 28.8. The van der Waals surface area contributed by atoms with Crippen LogP contribution in [0.5, 0.6) is 11.5 Å². The van der Waals surface area contributed by atoms with Gasteiger partial charge >= 0.3 is 0 Å². The Bertz CT molecular complexity index is 4740. The van der Waals surface area contributed by atoms with Crippen molar-refractivity contribution in [2.24, 2.45) is 0 Å². The van der Waals surface area contributed by atoms with Gasteiger partial charge in [-0.1, -0.05) is 165 Å². The van der Waals surface area contributed by atoms with Crippen molar-refractivity contribution < 1.29 is 13.6 Å². The molecule has 8 nitrogen and oxygen atoms in total. The molecular formula is C74H63N5O3. The number of nitrogens with zero attached hydrogens (tertiary/aromatic N) is 5. The van der Waals surface area contributed by atoms with Crippen molar-refractivity contribution in [3.63, 3.8) is 0 Å². The number of rotatable bonds is 12. The Labute approximate surface area is 477 Å². The quantitative estimate of drug-likeness (QED) is 0.121. The minimum atomic E-state index is 0.171. The standard InChI is InChI=1S/C74H63N5O3/c1-42(2)55-36-50(47-23-12-10-13-24-47)37-56(43(3)4)68(55)78-63-32-19-17-30-61(63)76-73(78)49-27-22-28-52(35-49)80-53-40-59-66-70(46(9)75-67-54-29-16-21-34-65(54)81-72(66)67)82-71(59)60(41-53)74-77-62-31-18-20-33-64(62)79(74)69-57(44(5)6)38-51(39-58(69)45(7)8)48-25-14-11-15-26-48/h10-45H,1-9H3. The minimum absolute atomic E-state index is 0.171. The van der Waals surface area contributed by atoms with E-state index in [-0.39, 0.29) is 23.7 Å². The number of aryl methyl sites for hydroxylation is 1. The van der Waals surface area contributed by atoms with Crippen molar-refractivity contribution in [2.75, 3.05) is 0 Å². The first kappa shape index (κ1) is 50.7. The number of imidazole rings is 2. The van der Waals surface area contributed by atoms with E-state index in [0.29, 0.717) is 28.2 Å². The lowest BCUT2D eigenvalue weighted by Crippen LogP contribution is -2.09. The minimum Gasteiger partial charge on any atom is -0.457 e. The van der Waals surface area contributed by atoms with Gasteiger partial charge in [0.05, 0.1) is 50.1 Å². The molecule has 0 atom stereocenters. The number of furan rings is 2. The van der Waals surface area contributed by atoms with Gasteiger partial charge in [0.2, 0.25) is 0 Å². The number of hydrogen-bond donors (Lipinski definition) is 0. The van der Waals surface area contributed by atoms with Gasteiger partial charge in [-0.25, -0.2) is 15.0 Å². The number of fused-ring (bicyclic) bond motifs is 9. The smallest absolute Gasteiger partial charge is 0.165 e. The molecule has 9 aromatic carbocycles. The lowest BCUT2D eigenvalue weighted by atomic mass is 9.88. The van der Waals surface area contributed by atoms with E-state index in [2.05, 4.69) is 234 Å². The summed E-state index contributed by atoms with van der Waals surface area (Å²) in [5.74, 6) is 3.63. The van der Waals surface area contributed by atoms with Gasteiger partial charge in [0.1, 0.15) is 39.8 Å². The predicted octanol–water partition coefficient (Wildman–Crippen LogP) is 20.8. The first-order chi connectivity index (χ1) is 39.9. The third-order valence-electron chi connectivity index (χ3n) is 16.3. The van der Waals surface area contributed by atoms with Gasteiger partial charge in [-0.05, 0) is 160 Å². The van der Waals surface area contributed by atoms with Crippen molar-refractivity contribution in [3.8, 4) is 67.9 Å². The van der Waals surface area contributed by atoms with Crippen LogP contribution in [-0.4, -0.2) is 24.1 Å². The number of ether oxygens (including phenoxy) is 1. The molecule has 5 heterocycles. The molecule has 0 bridgehead atoms. The average Bonchev–Trinajstić information content (AvgIpc) is 4.30. The predicted molar refractivity (Wildman–Crippen MR) is 337 cm³/mol. The number of hydrogen-bond acceptors (Lipinski definition) is 6. The monoisotopic (exact) mass is 1070 g/mol. The van der Waals surface area contributed by atoms with E-state index in [1.807, 2.05) is 31.2 Å². The van der Waals surface area contributed by atoms with Gasteiger partial charge in [-0.15, -0.1) is 0 Å². The molecule has 0 aliphatic carbocycles. The summed E-state index contributed by atoms with van der Waals surface area (Å²) in [5, 5.41) is 2.62. The summed E-state index contributed by atoms with van der Waals surface area (Å²) in [6, 6.07) is 68.5. The summed E-state index contributed by atoms with van der Waals surface area (Å²) in [7, 11) is 0. The maximum absolute atomic E-state index is 7.28. The lowest BCUT2D eigenvalue weighted by Gasteiger charge is -2.24. The highest BCUT2D eigenvalue weighted by molar-refractivity contribution is 6.23. The van der Waals surface area contributed by atoms with E-state index in [1.54, 1.807) is 0 Å². The van der Waals surface area contributed by atoms with Gasteiger partial charge in [0.25, 0.3) is 0 Å². The van der Waals surface area contributed by atoms with Crippen LogP contribution in [0.2, 0.25) is 0 Å². The fraction of sp³-hybridized carbons (Fsp3) is 0.176. The summed E-state index contributed by atoms with van der Waals surface area (Å²) < 4.78 is 26.0. The highest BCUT2D eigenvalue weighted by Gasteiger charge is 2.30. The van der Waals surface area contributed by atoms with Crippen molar-refractivity contribution in [1.29, 1.82) is 0 Å². The highest BCUT2D eigenvalue weighted by atomic mass is 16.5. The van der Waals surface area contributed by atoms with Gasteiger partial charge in [0, 0.05) is 16.3 Å². The highest BCUT2D eigenvalue weighted by Crippen LogP contribution is 2.48. The summed E-state index contributed by atoms with van der Waals surface area (Å²) in [5.41, 5.74) is 21.9. The van der Waals surface area contributed by atoms with Crippen LogP contribution < -0.4 is 4.74 Å². The Balaban J connectivity index is 1.00. The summed E-state index contributed by atoms with van der Waals surface area (Å²) in [6.07, 6.45) is 0. The zero-order valence-electron chi connectivity index (χ0n) is 47.7. The largest absolute Gasteiger partial charge is 0.457 e. The van der Waals surface area contributed by atoms with E-state index in [9.17, 15) is 0 Å². The molecule has 0 saturated heterocycles. The molecule has 0 N–H and O–H groups in total. The third-order valence-corrected chi connectivity index (χ3v) is 16.3. The molecule has 0 aliphatic rings. The van der Waals surface area contributed by atoms with Crippen LogP contribution in [0.3, 0.4) is 0 Å². The first-order valence-electron chi connectivity index (χ1n) is 28.8. The van der Waals surface area contributed by atoms with Gasteiger partial charge < -0.3 is 13.6 Å². The van der Waals surface area contributed by atoms with E-state index in [4.69, 9.17) is 28.5 Å². The van der Waals surface area contributed by atoms with Gasteiger partial charge in [0.15, 0.2) is 11.2 Å². The molecule has 5 aromatic heterocycles. The molecule has 0 saturated carbocycles. The molecule has 14 aromatic rings. The maximum Gasteiger partial charge on any atom is 0.165 e. The second-order valence-electron chi connectivity index (χ2n) is 23.1. The Hall–Kier alpha value is -9.53. The Morgan fingerprint density at radius 2 is 0.890 bits per heavy atom. The van der Waals surface area contributed by atoms with E-state index in [0.717, 1.165) is 83.5 Å². The van der Waals surface area contributed by atoms with E-state index >= 15 is 0 Å². The zero-order chi connectivity index (χ0) is 56.1. The van der Waals surface area contributed by atoms with Crippen LogP contribution in [0, 0.1) is 6.92 Å². The molecule has 0 unspecified atom stereocenters. The molecular weight excluding hydrogens is 1010 g/mol. The lowest BCUT2D eigenvalue weighted by molar-refractivity contribution is 0.483. The van der Waals surface area contributed by atoms with Gasteiger partial charge in [-0.3, -0.25) is 9.13 Å². The van der Waals surface area contributed by atoms with Crippen molar-refractivity contribution in [3.05, 3.63) is 222 Å². The topological polar surface area (TPSA) is 84.0 Å². The number of pyridine rings is 1. The van der Waals surface area contributed by atoms with Crippen molar-refractivity contribution >= 4 is 66.1 Å². The maximum atomic E-state index is 7.28. The second kappa shape index (κ2) is 19.9. The molecule has 0 aliphatic heterocycles. The Morgan fingerprint density at radius 1 is 0.390 bits per heavy atom. The molecule has 0 amide bonds. The Kier molecular flexibility index (Phi) is 12.3. The molecule has 0 radical (unpaired) electrons. The SMILES string of the molecule is Cc1nc2c3ccccc3oc2c2c1oc1c(-c3nc4ccccc4n3-c3c(C(C)C)cc(-c4ccccc4)cc3C(C)C)cc(Oc3cccc(-c4nc5ccccc5n4-c4c(C(C)C)cc(-c5ccccc5)cc4C(C)C)c3)cc12. The number of para-hydroxylation sites is 5. The number of benzene rings is 9. The van der Waals surface area contributed by atoms with Crippen LogP contribution in [0.1, 0.15) is 107 Å². The van der Waals surface area contributed by atoms with Crippen molar-refractivity contribution in [2.45, 2.75) is 86.0 Å². The number of aromatic nitrogens is 5. The fourth-order valence-electron chi connectivity index (χ4n) is 12.4. The zero-order valence-corrected chi connectivity index (χ0v) is 47.7. The molecule has 14 rings (SSSR count). The molecule has 8 heteroatoms. The average molecular weight is 1070 g/mol. The molecule has 402 valence electrons. The van der Waals surface area contributed by atoms with E-state index in [1.165, 1.54) is 50.2 Å². The fourth-order valence-corrected chi connectivity index (χ4v) is 12.4. The van der Waals surface area contributed by atoms with Crippen LogP contribution >= 0.6 is 0 Å². The van der Waals surface area contributed by atoms with Crippen LogP contribution in [-0.2, 0) is 0 Å². The van der Waals surface area contributed by atoms with Crippen LogP contribution in [0.4, 0.5) is 0 Å². The third kappa shape index (κ3) is 8.38. The molecule has 0 fully saturated rings. The van der Waals surface area contributed by atoms with Crippen molar-refractivity contribution in [1.82, 2.24) is 24.1 Å². The van der Waals surface area contributed by atoms with Crippen LogP contribution in [0.15, 0.2) is 203 Å². The Morgan fingerprint density at radius 3 is 1.46 bits per heavy atom. The normalized spacial score (nSPS) is 12.2. The summed E-state index contributed by atoms with van der Waals surface area (Å²) in [4.78, 5) is 16.2. The van der Waals surface area contributed by atoms with Gasteiger partial charge in [-0.2, -0.15) is 0 Å².